The van der Waals surface area contributed by atoms with E-state index in [9.17, 15) is 0 Å². The smallest absolute Gasteiger partial charge is 0.0269 e. The van der Waals surface area contributed by atoms with Crippen LogP contribution in [0.25, 0.3) is 0 Å². The van der Waals surface area contributed by atoms with E-state index < -0.39 is 0 Å². The van der Waals surface area contributed by atoms with Crippen molar-refractivity contribution in [1.82, 2.24) is 0 Å². The molecule has 44 valence electrons. The minimum Gasteiger partial charge on any atom is -0.322 e. The summed E-state index contributed by atoms with van der Waals surface area (Å²) in [7, 11) is 0.902. The van der Waals surface area contributed by atoms with Gasteiger partial charge >= 0.3 is 0 Å². The van der Waals surface area contributed by atoms with E-state index in [0.717, 1.165) is 8.58 Å². The minimum atomic E-state index is 0.0781. The molecule has 0 aliphatic rings. The molecule has 7 heavy (non-hydrogen) atoms. The van der Waals surface area contributed by atoms with Crippen molar-refractivity contribution in [3.8, 4) is 0 Å². The molecule has 2 heteroatoms. The van der Waals surface area contributed by atoms with E-state index in [1.54, 1.807) is 0 Å². The normalized spacial score (nSPS) is 13.7. The Labute approximate surface area is 47.5 Å². The average molecular weight is 119 g/mol. The van der Waals surface area contributed by atoms with Crippen molar-refractivity contribution < 1.29 is 0 Å². The summed E-state index contributed by atoms with van der Waals surface area (Å²) in [5, 5.41) is 0.0781. The first-order chi connectivity index (χ1) is 3.06. The zero-order valence-corrected chi connectivity index (χ0v) is 6.28. The third-order valence-corrected chi connectivity index (χ3v) is 1.90. The molecule has 0 aromatic carbocycles. The summed E-state index contributed by atoms with van der Waals surface area (Å²) < 4.78 is 0. The summed E-state index contributed by atoms with van der Waals surface area (Å²) in [6.07, 6.45) is 1.21. The first-order valence-electron chi connectivity index (χ1n) is 2.60. The second-order valence-electron chi connectivity index (χ2n) is 2.25. The first-order valence-corrected chi connectivity index (χ1v) is 3.81. The maximum Gasteiger partial charge on any atom is 0.0269 e. The van der Waals surface area contributed by atoms with Crippen molar-refractivity contribution in [3.63, 3.8) is 0 Å². The Balaban J connectivity index is 3.15. The van der Waals surface area contributed by atoms with Crippen LogP contribution in [-0.4, -0.2) is 11.4 Å². The Morgan fingerprint density at radius 2 is 2.00 bits per heavy atom. The van der Waals surface area contributed by atoms with Gasteiger partial charge in [-0.2, -0.15) is 0 Å². The Morgan fingerprint density at radius 3 is 2.00 bits per heavy atom. The monoisotopic (exact) mass is 119 g/mol. The summed E-state index contributed by atoms with van der Waals surface area (Å²) >= 11 is 0. The largest absolute Gasteiger partial charge is 0.322 e. The maximum absolute atomic E-state index is 5.66. The fraction of sp³-hybridized carbons (Fsp3) is 1.00. The highest BCUT2D eigenvalue weighted by Crippen LogP contribution is 2.23. The lowest BCUT2D eigenvalue weighted by Crippen LogP contribution is -2.25. The van der Waals surface area contributed by atoms with E-state index >= 15 is 0 Å². The summed E-state index contributed by atoms with van der Waals surface area (Å²) in [6.45, 7) is 6.29. The topological polar surface area (TPSA) is 26.0 Å². The number of hydrogen-bond acceptors (Lipinski definition) is 1. The highest BCUT2D eigenvalue weighted by molar-refractivity contribution is 7.39. The van der Waals surface area contributed by atoms with Gasteiger partial charge in [0.05, 0.1) is 0 Å². The van der Waals surface area contributed by atoms with Gasteiger partial charge < -0.3 is 5.73 Å². The third-order valence-electron chi connectivity index (χ3n) is 0.632. The molecule has 0 rings (SSSR count). The predicted octanol–water partition coefficient (Wildman–Crippen LogP) is 1.38. The van der Waals surface area contributed by atoms with Gasteiger partial charge in [-0.3, -0.25) is 0 Å². The van der Waals surface area contributed by atoms with E-state index in [-0.39, 0.29) is 5.28 Å². The lowest BCUT2D eigenvalue weighted by molar-refractivity contribution is 0.749. The second kappa shape index (κ2) is 2.64. The lowest BCUT2D eigenvalue weighted by Gasteiger charge is -2.15. The Morgan fingerprint density at radius 1 is 1.57 bits per heavy atom. The van der Waals surface area contributed by atoms with E-state index in [2.05, 4.69) is 20.8 Å². The van der Waals surface area contributed by atoms with Gasteiger partial charge in [0.15, 0.2) is 0 Å². The molecule has 0 aliphatic heterocycles. The molecular weight excluding hydrogens is 105 g/mol. The first kappa shape index (κ1) is 7.39. The Kier molecular flexibility index (Phi) is 2.78. The zero-order chi connectivity index (χ0) is 5.91. The van der Waals surface area contributed by atoms with Crippen LogP contribution < -0.4 is 5.73 Å². The van der Waals surface area contributed by atoms with Gasteiger partial charge in [0.25, 0.3) is 0 Å². The number of hydrogen-bond donors (Lipinski definition) is 1. The van der Waals surface area contributed by atoms with Crippen molar-refractivity contribution in [2.45, 2.75) is 26.1 Å². The molecule has 1 atom stereocenters. The van der Waals surface area contributed by atoms with E-state index in [1.807, 2.05) is 0 Å². The maximum atomic E-state index is 5.66. The van der Waals surface area contributed by atoms with Gasteiger partial charge in [-0.15, -0.1) is 8.58 Å². The van der Waals surface area contributed by atoms with Gasteiger partial charge in [-0.25, -0.2) is 0 Å². The fourth-order valence-electron chi connectivity index (χ4n) is 0.456. The minimum absolute atomic E-state index is 0.0781. The highest BCUT2D eigenvalue weighted by atomic mass is 31.1. The van der Waals surface area contributed by atoms with Gasteiger partial charge in [0.2, 0.25) is 0 Å². The lowest BCUT2D eigenvalue weighted by atomic mass is 10.4. The molecule has 0 aromatic heterocycles. The van der Waals surface area contributed by atoms with Gasteiger partial charge in [-0.1, -0.05) is 6.92 Å². The van der Waals surface area contributed by atoms with Crippen LogP contribution in [0.5, 0.6) is 0 Å². The molecule has 0 spiro atoms. The second-order valence-corrected chi connectivity index (χ2v) is 4.60. The fourth-order valence-corrected chi connectivity index (χ4v) is 1.37. The van der Waals surface area contributed by atoms with Gasteiger partial charge in [0.1, 0.15) is 0 Å². The molecule has 0 aliphatic carbocycles. The zero-order valence-electron chi connectivity index (χ0n) is 5.28. The van der Waals surface area contributed by atoms with Gasteiger partial charge in [-0.05, 0) is 20.0 Å². The summed E-state index contributed by atoms with van der Waals surface area (Å²) in [6, 6.07) is 0. The average Bonchev–Trinajstić information content (AvgIpc) is 1.30. The van der Waals surface area contributed by atoms with Crippen LogP contribution in [0.2, 0.25) is 0 Å². The van der Waals surface area contributed by atoms with Crippen molar-refractivity contribution in [2.24, 2.45) is 5.73 Å². The van der Waals surface area contributed by atoms with Crippen molar-refractivity contribution in [2.75, 3.05) is 6.16 Å². The van der Waals surface area contributed by atoms with Gasteiger partial charge in [0, 0.05) is 5.28 Å². The van der Waals surface area contributed by atoms with Crippen LogP contribution in [0.4, 0.5) is 0 Å². The van der Waals surface area contributed by atoms with Crippen LogP contribution in [0, 0.1) is 0 Å². The molecule has 0 radical (unpaired) electrons. The van der Waals surface area contributed by atoms with Crippen molar-refractivity contribution >= 4 is 8.58 Å². The summed E-state index contributed by atoms with van der Waals surface area (Å²) in [5.41, 5.74) is 5.66. The molecule has 2 N–H and O–H groups in total. The molecule has 1 nitrogen and oxygen atoms in total. The molecule has 0 amide bonds. The van der Waals surface area contributed by atoms with E-state index in [1.165, 1.54) is 6.16 Å². The molecule has 0 aromatic rings. The number of rotatable bonds is 2. The third kappa shape index (κ3) is 6.39. The Hall–Kier alpha value is 0.390. The molecule has 0 heterocycles. The van der Waals surface area contributed by atoms with Crippen LogP contribution >= 0.6 is 8.58 Å². The van der Waals surface area contributed by atoms with Crippen molar-refractivity contribution in [1.29, 1.82) is 0 Å². The predicted molar refractivity (Wildman–Crippen MR) is 37.1 cm³/mol. The summed E-state index contributed by atoms with van der Waals surface area (Å²) in [4.78, 5) is 0. The van der Waals surface area contributed by atoms with Crippen molar-refractivity contribution in [3.05, 3.63) is 0 Å². The van der Waals surface area contributed by atoms with E-state index in [0.29, 0.717) is 0 Å². The SMILES string of the molecule is CCPC(C)(C)N. The molecule has 1 unspecified atom stereocenters. The molecule has 0 saturated heterocycles. The summed E-state index contributed by atoms with van der Waals surface area (Å²) in [5.74, 6) is 0. The molecule has 0 fully saturated rings. The van der Waals surface area contributed by atoms with Crippen LogP contribution in [0.15, 0.2) is 0 Å². The van der Waals surface area contributed by atoms with E-state index in [4.69, 9.17) is 5.73 Å². The molecule has 0 bridgehead atoms. The highest BCUT2D eigenvalue weighted by Gasteiger charge is 2.06. The molecular formula is C5H14NP. The number of nitrogens with two attached hydrogens (primary N) is 1. The van der Waals surface area contributed by atoms with Crippen LogP contribution in [-0.2, 0) is 0 Å². The Bertz CT molecular complexity index is 46.5. The standard InChI is InChI=1S/C5H14NP/c1-4-7-5(2,3)6/h7H,4,6H2,1-3H3. The quantitative estimate of drug-likeness (QED) is 0.546. The molecule has 0 saturated carbocycles. The van der Waals surface area contributed by atoms with Crippen LogP contribution in [0.3, 0.4) is 0 Å². The van der Waals surface area contributed by atoms with Crippen LogP contribution in [0.1, 0.15) is 20.8 Å².